The number of oxazole rings is 1. The fourth-order valence-corrected chi connectivity index (χ4v) is 4.24. The molecule has 5 rings (SSSR count). The predicted molar refractivity (Wildman–Crippen MR) is 128 cm³/mol. The Balaban J connectivity index is 1.07. The number of piperazine rings is 1. The normalized spacial score (nSPS) is 14.5. The quantitative estimate of drug-likeness (QED) is 0.441. The summed E-state index contributed by atoms with van der Waals surface area (Å²) in [6, 6.07) is 19.1. The summed E-state index contributed by atoms with van der Waals surface area (Å²) in [5.74, 6) is -0.545. The summed E-state index contributed by atoms with van der Waals surface area (Å²) in [4.78, 5) is 42.8. The van der Waals surface area contributed by atoms with Crippen LogP contribution in [0.4, 0.5) is 4.79 Å². The Bertz CT molecular complexity index is 1400. The molecule has 2 heterocycles. The third-order valence-electron chi connectivity index (χ3n) is 6.20. The molecule has 1 aromatic heterocycles. The van der Waals surface area contributed by atoms with E-state index < -0.39 is 5.76 Å². The minimum atomic E-state index is -0.534. The molecular weight excluding hydrogens is 434 g/mol. The lowest BCUT2D eigenvalue weighted by atomic mass is 10.1. The van der Waals surface area contributed by atoms with Gasteiger partial charge in [0.2, 0.25) is 0 Å². The van der Waals surface area contributed by atoms with Gasteiger partial charge in [-0.15, -0.1) is 0 Å². The van der Waals surface area contributed by atoms with Crippen molar-refractivity contribution in [3.8, 4) is 0 Å². The molecule has 0 bridgehead atoms. The fraction of sp³-hybridized carbons (Fsp3) is 0.269. The van der Waals surface area contributed by atoms with Crippen molar-refractivity contribution in [1.29, 1.82) is 0 Å². The van der Waals surface area contributed by atoms with Gasteiger partial charge >= 0.3 is 11.8 Å². The van der Waals surface area contributed by atoms with Gasteiger partial charge in [-0.1, -0.05) is 36.4 Å². The summed E-state index contributed by atoms with van der Waals surface area (Å²) in [6.45, 7) is 3.34. The molecule has 1 aliphatic heterocycles. The molecule has 0 aliphatic carbocycles. The van der Waals surface area contributed by atoms with Crippen LogP contribution in [-0.2, 0) is 11.3 Å². The lowest BCUT2D eigenvalue weighted by Crippen LogP contribution is -2.49. The van der Waals surface area contributed by atoms with E-state index >= 15 is 0 Å². The van der Waals surface area contributed by atoms with Crippen molar-refractivity contribution in [2.24, 2.45) is 0 Å². The number of ether oxygens (including phenoxy) is 1. The summed E-state index contributed by atoms with van der Waals surface area (Å²) < 4.78 is 10.6. The van der Waals surface area contributed by atoms with E-state index in [2.05, 4.69) is 16.0 Å². The van der Waals surface area contributed by atoms with Crippen molar-refractivity contribution in [3.63, 3.8) is 0 Å². The number of amides is 1. The maximum atomic E-state index is 12.6. The van der Waals surface area contributed by atoms with Crippen molar-refractivity contribution in [2.45, 2.75) is 13.0 Å². The number of rotatable bonds is 6. The molecule has 1 saturated heterocycles. The number of nitrogens with zero attached hydrogens (tertiary/aromatic N) is 2. The molecule has 1 aliphatic rings. The van der Waals surface area contributed by atoms with Crippen LogP contribution in [0, 0.1) is 0 Å². The van der Waals surface area contributed by atoms with E-state index in [1.165, 1.54) is 0 Å². The van der Waals surface area contributed by atoms with Crippen LogP contribution in [-0.4, -0.2) is 59.4 Å². The van der Waals surface area contributed by atoms with Crippen LogP contribution in [0.25, 0.3) is 21.9 Å². The van der Waals surface area contributed by atoms with Crippen molar-refractivity contribution in [1.82, 2.24) is 14.8 Å². The highest BCUT2D eigenvalue weighted by Gasteiger charge is 2.22. The number of ketones is 1. The Labute approximate surface area is 195 Å². The van der Waals surface area contributed by atoms with Crippen LogP contribution < -0.4 is 5.76 Å². The van der Waals surface area contributed by atoms with Crippen LogP contribution in [0.1, 0.15) is 22.3 Å². The number of nitrogens with one attached hydrogen (secondary N) is 1. The molecule has 34 heavy (non-hydrogen) atoms. The standard InChI is InChI=1S/C26H25N3O5/c30-23(21-7-8-22-24(16-21)34-25(31)27-22)9-10-28-11-13-29(14-12-28)26(32)33-17-18-5-6-19-3-1-2-4-20(19)15-18/h1-8,15-16H,9-14,17H2,(H,27,31). The minimum absolute atomic E-state index is 0.0111. The highest BCUT2D eigenvalue weighted by atomic mass is 16.6. The zero-order valence-electron chi connectivity index (χ0n) is 18.7. The number of hydrogen-bond donors (Lipinski definition) is 1. The zero-order chi connectivity index (χ0) is 23.5. The van der Waals surface area contributed by atoms with Crippen molar-refractivity contribution < 1.29 is 18.7 Å². The fourth-order valence-electron chi connectivity index (χ4n) is 4.24. The van der Waals surface area contributed by atoms with Gasteiger partial charge in [0.1, 0.15) is 6.61 Å². The monoisotopic (exact) mass is 459 g/mol. The molecular formula is C26H25N3O5. The average molecular weight is 460 g/mol. The molecule has 4 aromatic rings. The van der Waals surface area contributed by atoms with Crippen LogP contribution in [0.5, 0.6) is 0 Å². The van der Waals surface area contributed by atoms with E-state index in [0.717, 1.165) is 16.3 Å². The Morgan fingerprint density at radius 2 is 1.74 bits per heavy atom. The molecule has 1 N–H and O–H groups in total. The SMILES string of the molecule is O=C(CCN1CCN(C(=O)OCc2ccc3ccccc3c2)CC1)c1ccc2[nH]c(=O)oc2c1. The number of hydrogen-bond acceptors (Lipinski definition) is 6. The van der Waals surface area contributed by atoms with E-state index in [-0.39, 0.29) is 18.5 Å². The molecule has 0 radical (unpaired) electrons. The molecule has 0 atom stereocenters. The summed E-state index contributed by atoms with van der Waals surface area (Å²) in [6.07, 6.45) is 0.0391. The van der Waals surface area contributed by atoms with Gasteiger partial charge in [0.05, 0.1) is 5.52 Å². The van der Waals surface area contributed by atoms with Crippen LogP contribution in [0.3, 0.4) is 0 Å². The molecule has 174 valence electrons. The number of aromatic amines is 1. The van der Waals surface area contributed by atoms with Crippen molar-refractivity contribution in [3.05, 3.63) is 82.3 Å². The molecule has 0 unspecified atom stereocenters. The second-order valence-corrected chi connectivity index (χ2v) is 8.46. The number of carbonyl (C=O) groups is 2. The second-order valence-electron chi connectivity index (χ2n) is 8.46. The molecule has 8 nitrogen and oxygen atoms in total. The van der Waals surface area contributed by atoms with E-state index in [9.17, 15) is 14.4 Å². The molecule has 8 heteroatoms. The molecule has 0 spiro atoms. The maximum absolute atomic E-state index is 12.6. The molecule has 3 aromatic carbocycles. The van der Waals surface area contributed by atoms with Crippen LogP contribution >= 0.6 is 0 Å². The van der Waals surface area contributed by atoms with Gasteiger partial charge in [-0.25, -0.2) is 9.59 Å². The maximum Gasteiger partial charge on any atom is 0.417 e. The smallest absolute Gasteiger partial charge is 0.417 e. The van der Waals surface area contributed by atoms with Gasteiger partial charge in [0.25, 0.3) is 0 Å². The Morgan fingerprint density at radius 3 is 2.56 bits per heavy atom. The summed E-state index contributed by atoms with van der Waals surface area (Å²) in [5.41, 5.74) is 2.43. The lowest BCUT2D eigenvalue weighted by molar-refractivity contribution is 0.0697. The van der Waals surface area contributed by atoms with E-state index in [1.807, 2.05) is 36.4 Å². The number of benzene rings is 3. The largest absolute Gasteiger partial charge is 0.445 e. The molecule has 0 saturated carbocycles. The number of fused-ring (bicyclic) bond motifs is 2. The van der Waals surface area contributed by atoms with Crippen LogP contribution in [0.15, 0.2) is 69.9 Å². The van der Waals surface area contributed by atoms with Gasteiger partial charge in [-0.3, -0.25) is 14.7 Å². The number of H-pyrrole nitrogens is 1. The highest BCUT2D eigenvalue weighted by molar-refractivity contribution is 5.98. The minimum Gasteiger partial charge on any atom is -0.445 e. The van der Waals surface area contributed by atoms with Crippen LogP contribution in [0.2, 0.25) is 0 Å². The first kappa shape index (κ1) is 21.9. The summed E-state index contributed by atoms with van der Waals surface area (Å²) in [7, 11) is 0. The average Bonchev–Trinajstić information content (AvgIpc) is 3.25. The second kappa shape index (κ2) is 9.52. The first-order valence-corrected chi connectivity index (χ1v) is 11.3. The summed E-state index contributed by atoms with van der Waals surface area (Å²) >= 11 is 0. The Hall–Kier alpha value is -3.91. The van der Waals surface area contributed by atoms with E-state index in [1.54, 1.807) is 23.1 Å². The van der Waals surface area contributed by atoms with Gasteiger partial charge in [0, 0.05) is 44.7 Å². The lowest BCUT2D eigenvalue weighted by Gasteiger charge is -2.33. The van der Waals surface area contributed by atoms with Crippen molar-refractivity contribution in [2.75, 3.05) is 32.7 Å². The molecule has 1 amide bonds. The first-order chi connectivity index (χ1) is 16.5. The number of aromatic nitrogens is 1. The predicted octanol–water partition coefficient (Wildman–Crippen LogP) is 3.80. The third-order valence-corrected chi connectivity index (χ3v) is 6.20. The Morgan fingerprint density at radius 1 is 0.941 bits per heavy atom. The Kier molecular flexibility index (Phi) is 6.14. The number of Topliss-reactive ketones (excluding diaryl/α,β-unsaturated/α-hetero) is 1. The topological polar surface area (TPSA) is 95.9 Å². The van der Waals surface area contributed by atoms with Gasteiger partial charge in [-0.05, 0) is 40.6 Å². The van der Waals surface area contributed by atoms with Gasteiger partial charge in [0.15, 0.2) is 11.4 Å². The first-order valence-electron chi connectivity index (χ1n) is 11.3. The highest BCUT2D eigenvalue weighted by Crippen LogP contribution is 2.17. The van der Waals surface area contributed by atoms with E-state index in [0.29, 0.717) is 55.8 Å². The molecule has 1 fully saturated rings. The van der Waals surface area contributed by atoms with E-state index in [4.69, 9.17) is 9.15 Å². The zero-order valence-corrected chi connectivity index (χ0v) is 18.7. The third kappa shape index (κ3) is 4.87. The van der Waals surface area contributed by atoms with Gasteiger partial charge < -0.3 is 14.1 Å². The van der Waals surface area contributed by atoms with Gasteiger partial charge in [-0.2, -0.15) is 0 Å². The summed E-state index contributed by atoms with van der Waals surface area (Å²) in [5, 5.41) is 2.28. The van der Waals surface area contributed by atoms with Crippen molar-refractivity contribution >= 4 is 33.7 Å². The number of carbonyl (C=O) groups excluding carboxylic acids is 2.